The van der Waals surface area contributed by atoms with Gasteiger partial charge in [0.2, 0.25) is 5.91 Å². The van der Waals surface area contributed by atoms with Crippen LogP contribution in [0.5, 0.6) is 0 Å². The van der Waals surface area contributed by atoms with Crippen molar-refractivity contribution in [2.45, 2.75) is 18.4 Å². The van der Waals surface area contributed by atoms with Crippen LogP contribution in [0.25, 0.3) is 0 Å². The zero-order chi connectivity index (χ0) is 12.3. The predicted octanol–water partition coefficient (Wildman–Crippen LogP) is 1.37. The van der Waals surface area contributed by atoms with E-state index in [1.54, 1.807) is 11.8 Å². The molecule has 0 aliphatic carbocycles. The van der Waals surface area contributed by atoms with Gasteiger partial charge in [-0.05, 0) is 23.6 Å². The van der Waals surface area contributed by atoms with E-state index >= 15 is 0 Å². The first-order valence-electron chi connectivity index (χ1n) is 5.27. The third-order valence-corrected chi connectivity index (χ3v) is 4.79. The Labute approximate surface area is 107 Å². The van der Waals surface area contributed by atoms with Crippen molar-refractivity contribution < 1.29 is 14.7 Å². The van der Waals surface area contributed by atoms with E-state index in [2.05, 4.69) is 5.32 Å². The third-order valence-electron chi connectivity index (χ3n) is 2.72. The number of thiophene rings is 1. The fourth-order valence-electron chi connectivity index (χ4n) is 1.77. The Morgan fingerprint density at radius 1 is 1.53 bits per heavy atom. The number of carbonyl (C=O) groups excluding carboxylic acids is 1. The van der Waals surface area contributed by atoms with Gasteiger partial charge in [-0.15, -0.1) is 11.3 Å². The molecule has 0 bridgehead atoms. The molecule has 1 aromatic heterocycles. The number of carboxylic acid groups (broad SMARTS) is 1. The molecule has 1 amide bonds. The second-order valence-corrected chi connectivity index (χ2v) is 6.13. The van der Waals surface area contributed by atoms with Crippen molar-refractivity contribution in [2.24, 2.45) is 0 Å². The Morgan fingerprint density at radius 2 is 2.35 bits per heavy atom. The molecule has 92 valence electrons. The van der Waals surface area contributed by atoms with Crippen LogP contribution in [0.3, 0.4) is 0 Å². The fraction of sp³-hybridized carbons (Fsp3) is 0.455. The molecule has 2 N–H and O–H groups in total. The Bertz CT molecular complexity index is 410. The van der Waals surface area contributed by atoms with E-state index in [4.69, 9.17) is 0 Å². The van der Waals surface area contributed by atoms with Gasteiger partial charge in [0.1, 0.15) is 5.54 Å². The Morgan fingerprint density at radius 3 is 2.88 bits per heavy atom. The van der Waals surface area contributed by atoms with Crippen LogP contribution in [-0.4, -0.2) is 34.0 Å². The van der Waals surface area contributed by atoms with Gasteiger partial charge >= 0.3 is 5.97 Å². The van der Waals surface area contributed by atoms with Gasteiger partial charge in [-0.2, -0.15) is 11.8 Å². The van der Waals surface area contributed by atoms with Crippen LogP contribution in [0.2, 0.25) is 0 Å². The van der Waals surface area contributed by atoms with Gasteiger partial charge in [-0.1, -0.05) is 6.07 Å². The number of hydrogen-bond donors (Lipinski definition) is 2. The van der Waals surface area contributed by atoms with Crippen molar-refractivity contribution in [3.63, 3.8) is 0 Å². The Kier molecular flexibility index (Phi) is 3.73. The maximum Gasteiger partial charge on any atom is 0.330 e. The minimum absolute atomic E-state index is 0.211. The van der Waals surface area contributed by atoms with Gasteiger partial charge in [0.05, 0.1) is 6.42 Å². The number of carboxylic acids is 1. The molecule has 1 saturated heterocycles. The summed E-state index contributed by atoms with van der Waals surface area (Å²) in [4.78, 5) is 24.0. The van der Waals surface area contributed by atoms with E-state index in [-0.39, 0.29) is 12.3 Å². The lowest BCUT2D eigenvalue weighted by Crippen LogP contribution is -2.55. The fourth-order valence-corrected chi connectivity index (χ4v) is 3.80. The van der Waals surface area contributed by atoms with E-state index in [9.17, 15) is 14.7 Å². The van der Waals surface area contributed by atoms with Crippen LogP contribution in [0.15, 0.2) is 17.5 Å². The molecule has 1 aromatic rings. The quantitative estimate of drug-likeness (QED) is 0.868. The smallest absolute Gasteiger partial charge is 0.330 e. The minimum atomic E-state index is -1.06. The van der Waals surface area contributed by atoms with Gasteiger partial charge in [-0.3, -0.25) is 4.79 Å². The highest BCUT2D eigenvalue weighted by Crippen LogP contribution is 2.28. The molecule has 6 heteroatoms. The summed E-state index contributed by atoms with van der Waals surface area (Å²) in [5.74, 6) is 0.101. The summed E-state index contributed by atoms with van der Waals surface area (Å²) in [5.41, 5.74) is -1.06. The van der Waals surface area contributed by atoms with Crippen molar-refractivity contribution in [1.82, 2.24) is 5.32 Å². The lowest BCUT2D eigenvalue weighted by molar-refractivity contribution is -0.146. The van der Waals surface area contributed by atoms with Gasteiger partial charge in [-0.25, -0.2) is 4.79 Å². The van der Waals surface area contributed by atoms with Crippen molar-refractivity contribution in [1.29, 1.82) is 0 Å². The number of nitrogens with one attached hydrogen (secondary N) is 1. The van der Waals surface area contributed by atoms with Crippen molar-refractivity contribution in [2.75, 3.05) is 11.5 Å². The number of hydrogen-bond acceptors (Lipinski definition) is 4. The van der Waals surface area contributed by atoms with E-state index in [1.165, 1.54) is 11.3 Å². The summed E-state index contributed by atoms with van der Waals surface area (Å²) < 4.78 is 0. The lowest BCUT2D eigenvalue weighted by Gasteiger charge is -2.24. The summed E-state index contributed by atoms with van der Waals surface area (Å²) in [6.45, 7) is 0. The maximum atomic E-state index is 11.8. The molecule has 0 unspecified atom stereocenters. The molecule has 0 radical (unpaired) electrons. The molecule has 0 spiro atoms. The topological polar surface area (TPSA) is 66.4 Å². The summed E-state index contributed by atoms with van der Waals surface area (Å²) in [7, 11) is 0. The summed E-state index contributed by atoms with van der Waals surface area (Å²) in [6.07, 6.45) is 0.764. The van der Waals surface area contributed by atoms with Crippen molar-refractivity contribution in [3.8, 4) is 0 Å². The van der Waals surface area contributed by atoms with Gasteiger partial charge in [0, 0.05) is 10.6 Å². The summed E-state index contributed by atoms with van der Waals surface area (Å²) in [5, 5.41) is 13.8. The first-order valence-corrected chi connectivity index (χ1v) is 7.30. The minimum Gasteiger partial charge on any atom is -0.479 e. The van der Waals surface area contributed by atoms with Gasteiger partial charge in [0.15, 0.2) is 0 Å². The normalized spacial score (nSPS) is 23.5. The number of thioether (sulfide) groups is 1. The van der Waals surface area contributed by atoms with E-state index in [1.807, 2.05) is 17.5 Å². The standard InChI is InChI=1S/C11H13NO3S2/c13-9(6-8-2-1-4-17-8)12-11(10(14)15)3-5-16-7-11/h1-2,4H,3,5-7H2,(H,12,13)(H,14,15)/t11-/m1/s1. The summed E-state index contributed by atoms with van der Waals surface area (Å²) in [6, 6.07) is 3.76. The Hall–Kier alpha value is -1.01. The first kappa shape index (κ1) is 12.4. The molecular weight excluding hydrogens is 258 g/mol. The average Bonchev–Trinajstić information content (AvgIpc) is 2.89. The highest BCUT2D eigenvalue weighted by Gasteiger charge is 2.43. The Balaban J connectivity index is 1.99. The number of carbonyl (C=O) groups is 2. The van der Waals surface area contributed by atoms with Crippen LogP contribution in [0, 0.1) is 0 Å². The second-order valence-electron chi connectivity index (χ2n) is 3.99. The molecule has 0 saturated carbocycles. The summed E-state index contributed by atoms with van der Waals surface area (Å²) >= 11 is 3.07. The molecular formula is C11H13NO3S2. The van der Waals surface area contributed by atoms with Crippen LogP contribution in [-0.2, 0) is 16.0 Å². The van der Waals surface area contributed by atoms with Gasteiger partial charge < -0.3 is 10.4 Å². The molecule has 2 rings (SSSR count). The van der Waals surface area contributed by atoms with Crippen LogP contribution in [0.1, 0.15) is 11.3 Å². The van der Waals surface area contributed by atoms with Crippen LogP contribution in [0.4, 0.5) is 0 Å². The molecule has 1 aliphatic heterocycles. The molecule has 1 aliphatic rings. The highest BCUT2D eigenvalue weighted by atomic mass is 32.2. The average molecular weight is 271 g/mol. The van der Waals surface area contributed by atoms with Crippen LogP contribution >= 0.6 is 23.1 Å². The molecule has 0 aromatic carbocycles. The number of rotatable bonds is 4. The SMILES string of the molecule is O=C(Cc1cccs1)N[C@]1(C(=O)O)CCSC1. The molecule has 1 atom stereocenters. The number of aliphatic carboxylic acids is 1. The molecule has 4 nitrogen and oxygen atoms in total. The molecule has 1 fully saturated rings. The lowest BCUT2D eigenvalue weighted by atomic mass is 9.99. The van der Waals surface area contributed by atoms with E-state index in [0.717, 1.165) is 10.6 Å². The first-order chi connectivity index (χ1) is 8.12. The van der Waals surface area contributed by atoms with Crippen molar-refractivity contribution >= 4 is 35.0 Å². The zero-order valence-corrected chi connectivity index (χ0v) is 10.8. The van der Waals surface area contributed by atoms with E-state index < -0.39 is 11.5 Å². The number of amides is 1. The zero-order valence-electron chi connectivity index (χ0n) is 9.14. The van der Waals surface area contributed by atoms with Gasteiger partial charge in [0.25, 0.3) is 0 Å². The van der Waals surface area contributed by atoms with Crippen LogP contribution < -0.4 is 5.32 Å². The van der Waals surface area contributed by atoms with E-state index in [0.29, 0.717) is 12.2 Å². The molecule has 2 heterocycles. The highest BCUT2D eigenvalue weighted by molar-refractivity contribution is 7.99. The van der Waals surface area contributed by atoms with Crippen molar-refractivity contribution in [3.05, 3.63) is 22.4 Å². The molecule has 17 heavy (non-hydrogen) atoms. The third kappa shape index (κ3) is 2.81. The second kappa shape index (κ2) is 5.10. The largest absolute Gasteiger partial charge is 0.479 e. The monoisotopic (exact) mass is 271 g/mol. The maximum absolute atomic E-state index is 11.8. The predicted molar refractivity (Wildman–Crippen MR) is 68.5 cm³/mol.